The SMILES string of the molecule is Cc1cc(F)c(Br)c(C(C)CO)c1C. The van der Waals surface area contributed by atoms with Gasteiger partial charge in [-0.25, -0.2) is 4.39 Å². The first-order chi connectivity index (χ1) is 6.49. The highest BCUT2D eigenvalue weighted by Gasteiger charge is 2.16. The lowest BCUT2D eigenvalue weighted by atomic mass is 9.94. The first-order valence-corrected chi connectivity index (χ1v) is 5.34. The van der Waals surface area contributed by atoms with Crippen molar-refractivity contribution >= 4 is 15.9 Å². The summed E-state index contributed by atoms with van der Waals surface area (Å²) >= 11 is 3.22. The summed E-state index contributed by atoms with van der Waals surface area (Å²) in [6.45, 7) is 5.73. The normalized spacial score (nSPS) is 13.0. The summed E-state index contributed by atoms with van der Waals surface area (Å²) in [6.07, 6.45) is 0. The number of benzene rings is 1. The number of aryl methyl sites for hydroxylation is 1. The quantitative estimate of drug-likeness (QED) is 0.866. The molecule has 14 heavy (non-hydrogen) atoms. The first kappa shape index (κ1) is 11.7. The van der Waals surface area contributed by atoms with Crippen LogP contribution in [0.2, 0.25) is 0 Å². The monoisotopic (exact) mass is 260 g/mol. The van der Waals surface area contributed by atoms with Gasteiger partial charge in [0.05, 0.1) is 4.47 Å². The van der Waals surface area contributed by atoms with Gasteiger partial charge in [-0.05, 0) is 52.5 Å². The summed E-state index contributed by atoms with van der Waals surface area (Å²) in [7, 11) is 0. The molecule has 1 aromatic carbocycles. The summed E-state index contributed by atoms with van der Waals surface area (Å²) < 4.78 is 13.9. The van der Waals surface area contributed by atoms with Crippen LogP contribution < -0.4 is 0 Å². The molecule has 1 nitrogen and oxygen atoms in total. The minimum atomic E-state index is -0.261. The van der Waals surface area contributed by atoms with E-state index in [4.69, 9.17) is 5.11 Å². The van der Waals surface area contributed by atoms with E-state index in [2.05, 4.69) is 15.9 Å². The molecular weight excluding hydrogens is 247 g/mol. The van der Waals surface area contributed by atoms with Crippen molar-refractivity contribution in [3.63, 3.8) is 0 Å². The van der Waals surface area contributed by atoms with Crippen molar-refractivity contribution in [3.8, 4) is 0 Å². The van der Waals surface area contributed by atoms with Gasteiger partial charge in [-0.15, -0.1) is 0 Å². The zero-order valence-corrected chi connectivity index (χ0v) is 10.2. The number of hydrogen-bond donors (Lipinski definition) is 1. The van der Waals surface area contributed by atoms with Crippen LogP contribution in [0.4, 0.5) is 4.39 Å². The van der Waals surface area contributed by atoms with E-state index < -0.39 is 0 Å². The third kappa shape index (κ3) is 1.98. The van der Waals surface area contributed by atoms with Crippen LogP contribution >= 0.6 is 15.9 Å². The molecule has 0 spiro atoms. The van der Waals surface area contributed by atoms with Gasteiger partial charge >= 0.3 is 0 Å². The number of halogens is 2. The molecule has 1 aromatic rings. The average molecular weight is 261 g/mol. The Morgan fingerprint density at radius 2 is 2.07 bits per heavy atom. The molecular formula is C11H14BrFO. The molecule has 78 valence electrons. The Labute approximate surface area is 92.1 Å². The fraction of sp³-hybridized carbons (Fsp3) is 0.455. The van der Waals surface area contributed by atoms with Gasteiger partial charge in [0, 0.05) is 12.5 Å². The molecule has 0 fully saturated rings. The summed E-state index contributed by atoms with van der Waals surface area (Å²) in [5, 5.41) is 9.08. The van der Waals surface area contributed by atoms with Gasteiger partial charge in [0.2, 0.25) is 0 Å². The van der Waals surface area contributed by atoms with Crippen LogP contribution in [0.3, 0.4) is 0 Å². The van der Waals surface area contributed by atoms with E-state index >= 15 is 0 Å². The fourth-order valence-electron chi connectivity index (χ4n) is 1.54. The molecule has 0 aliphatic carbocycles. The second kappa shape index (κ2) is 4.41. The predicted octanol–water partition coefficient (Wildman–Crippen LogP) is 3.30. The largest absolute Gasteiger partial charge is 0.396 e. The third-order valence-corrected chi connectivity index (χ3v) is 3.36. The maximum absolute atomic E-state index is 13.4. The topological polar surface area (TPSA) is 20.2 Å². The van der Waals surface area contributed by atoms with Crippen molar-refractivity contribution in [2.24, 2.45) is 0 Å². The van der Waals surface area contributed by atoms with Gasteiger partial charge in [0.1, 0.15) is 5.82 Å². The Morgan fingerprint density at radius 3 is 2.57 bits per heavy atom. The maximum atomic E-state index is 13.4. The highest BCUT2D eigenvalue weighted by atomic mass is 79.9. The Morgan fingerprint density at radius 1 is 1.50 bits per heavy atom. The second-order valence-electron chi connectivity index (χ2n) is 3.61. The molecule has 1 atom stereocenters. The van der Waals surface area contributed by atoms with Gasteiger partial charge in [0.25, 0.3) is 0 Å². The molecule has 0 aromatic heterocycles. The van der Waals surface area contributed by atoms with Crippen LogP contribution in [-0.4, -0.2) is 11.7 Å². The third-order valence-electron chi connectivity index (χ3n) is 2.55. The average Bonchev–Trinajstić information content (AvgIpc) is 2.15. The maximum Gasteiger partial charge on any atom is 0.137 e. The Bertz CT molecular complexity index is 323. The van der Waals surface area contributed by atoms with E-state index in [1.807, 2.05) is 20.8 Å². The molecule has 0 radical (unpaired) electrons. The summed E-state index contributed by atoms with van der Waals surface area (Å²) in [6, 6.07) is 1.51. The van der Waals surface area contributed by atoms with E-state index in [0.717, 1.165) is 16.7 Å². The lowest BCUT2D eigenvalue weighted by Gasteiger charge is -2.16. The molecule has 0 heterocycles. The highest BCUT2D eigenvalue weighted by Crippen LogP contribution is 2.32. The highest BCUT2D eigenvalue weighted by molar-refractivity contribution is 9.10. The zero-order valence-electron chi connectivity index (χ0n) is 8.56. The molecule has 0 aliphatic rings. The fourth-order valence-corrected chi connectivity index (χ4v) is 2.35. The molecule has 1 rings (SSSR count). The van der Waals surface area contributed by atoms with Crippen molar-refractivity contribution in [1.29, 1.82) is 0 Å². The molecule has 0 saturated carbocycles. The van der Waals surface area contributed by atoms with E-state index in [0.29, 0.717) is 4.47 Å². The Hall–Kier alpha value is -0.410. The van der Waals surface area contributed by atoms with Crippen molar-refractivity contribution < 1.29 is 9.50 Å². The molecule has 1 unspecified atom stereocenters. The Kier molecular flexibility index (Phi) is 3.67. The van der Waals surface area contributed by atoms with Crippen LogP contribution in [-0.2, 0) is 0 Å². The molecule has 3 heteroatoms. The lowest BCUT2D eigenvalue weighted by Crippen LogP contribution is -2.05. The molecule has 1 N–H and O–H groups in total. The van der Waals surface area contributed by atoms with E-state index in [1.165, 1.54) is 6.07 Å². The zero-order chi connectivity index (χ0) is 10.9. The van der Waals surface area contributed by atoms with Crippen LogP contribution in [0.25, 0.3) is 0 Å². The minimum Gasteiger partial charge on any atom is -0.396 e. The van der Waals surface area contributed by atoms with Gasteiger partial charge in [0.15, 0.2) is 0 Å². The van der Waals surface area contributed by atoms with Crippen molar-refractivity contribution in [2.45, 2.75) is 26.7 Å². The van der Waals surface area contributed by atoms with Crippen molar-refractivity contribution in [2.75, 3.05) is 6.61 Å². The predicted molar refractivity (Wildman–Crippen MR) is 59.1 cm³/mol. The van der Waals surface area contributed by atoms with Gasteiger partial charge < -0.3 is 5.11 Å². The van der Waals surface area contributed by atoms with Crippen LogP contribution in [0.5, 0.6) is 0 Å². The molecule has 0 saturated heterocycles. The Balaban J connectivity index is 3.39. The number of hydrogen-bond acceptors (Lipinski definition) is 1. The van der Waals surface area contributed by atoms with Crippen LogP contribution in [0, 0.1) is 19.7 Å². The number of rotatable bonds is 2. The summed E-state index contributed by atoms with van der Waals surface area (Å²) in [5.41, 5.74) is 2.82. The molecule has 0 amide bonds. The van der Waals surface area contributed by atoms with Gasteiger partial charge in [-0.2, -0.15) is 0 Å². The second-order valence-corrected chi connectivity index (χ2v) is 4.40. The van der Waals surface area contributed by atoms with Gasteiger partial charge in [-0.1, -0.05) is 6.92 Å². The van der Waals surface area contributed by atoms with Crippen molar-refractivity contribution in [1.82, 2.24) is 0 Å². The first-order valence-electron chi connectivity index (χ1n) is 4.55. The van der Waals surface area contributed by atoms with Crippen LogP contribution in [0.1, 0.15) is 29.5 Å². The van der Waals surface area contributed by atoms with E-state index in [9.17, 15) is 4.39 Å². The van der Waals surface area contributed by atoms with E-state index in [1.54, 1.807) is 0 Å². The summed E-state index contributed by atoms with van der Waals surface area (Å²) in [4.78, 5) is 0. The number of aliphatic hydroxyl groups is 1. The lowest BCUT2D eigenvalue weighted by molar-refractivity contribution is 0.272. The minimum absolute atomic E-state index is 0.0301. The standard InChI is InChI=1S/C11H14BrFO/c1-6-4-9(13)11(12)10(8(6)3)7(2)5-14/h4,7,14H,5H2,1-3H3. The summed E-state index contributed by atoms with van der Waals surface area (Å²) in [5.74, 6) is -0.304. The smallest absolute Gasteiger partial charge is 0.137 e. The molecule has 0 aliphatic heterocycles. The molecule has 0 bridgehead atoms. The van der Waals surface area contributed by atoms with Crippen LogP contribution in [0.15, 0.2) is 10.5 Å². The van der Waals surface area contributed by atoms with Gasteiger partial charge in [-0.3, -0.25) is 0 Å². The number of aliphatic hydroxyl groups excluding tert-OH is 1. The van der Waals surface area contributed by atoms with Crippen molar-refractivity contribution in [3.05, 3.63) is 33.0 Å². The van der Waals surface area contributed by atoms with E-state index in [-0.39, 0.29) is 18.3 Å².